The van der Waals surface area contributed by atoms with Crippen molar-refractivity contribution in [3.05, 3.63) is 17.8 Å². The molecule has 0 fully saturated rings. The molecule has 0 aliphatic carbocycles. The highest BCUT2D eigenvalue weighted by molar-refractivity contribution is 6.72. The first-order chi connectivity index (χ1) is 5.95. The molecule has 3 nitrogen and oxygen atoms in total. The van der Waals surface area contributed by atoms with Crippen LogP contribution in [0.5, 0.6) is 0 Å². The number of H-pyrrole nitrogens is 1. The van der Waals surface area contributed by atoms with E-state index < -0.39 is 18.5 Å². The van der Waals surface area contributed by atoms with Crippen LogP contribution in [0.1, 0.15) is 10.4 Å². The minimum absolute atomic E-state index is 0.128. The van der Waals surface area contributed by atoms with Gasteiger partial charge in [0.1, 0.15) is 0 Å². The van der Waals surface area contributed by atoms with E-state index in [4.69, 9.17) is 0 Å². The van der Waals surface area contributed by atoms with E-state index in [1.807, 2.05) is 4.98 Å². The van der Waals surface area contributed by atoms with Crippen molar-refractivity contribution in [2.24, 2.45) is 0 Å². The number of aromatic nitrogens is 1. The Hall–Kier alpha value is -1.40. The van der Waals surface area contributed by atoms with E-state index in [9.17, 15) is 17.7 Å². The normalized spacial score (nSPS) is 11.4. The third-order valence-corrected chi connectivity index (χ3v) is 1.48. The van der Waals surface area contributed by atoms with Gasteiger partial charge in [-0.05, 0) is 5.59 Å². The first-order valence-electron chi connectivity index (χ1n) is 3.41. The SMILES string of the molecule is COC(=O)c1c[nH]c([B-](F)(F)F)c1. The van der Waals surface area contributed by atoms with Crippen LogP contribution in [0.25, 0.3) is 0 Å². The average Bonchev–Trinajstić information content (AvgIpc) is 2.50. The lowest BCUT2D eigenvalue weighted by atomic mass is 9.86. The van der Waals surface area contributed by atoms with E-state index in [2.05, 4.69) is 4.74 Å². The molecule has 0 unspecified atom stereocenters. The monoisotopic (exact) mass is 192 g/mol. The average molecular weight is 192 g/mol. The van der Waals surface area contributed by atoms with Crippen molar-refractivity contribution in [3.8, 4) is 0 Å². The number of carbonyl (C=O) groups is 1. The summed E-state index contributed by atoms with van der Waals surface area (Å²) >= 11 is 0. The Morgan fingerprint density at radius 3 is 2.54 bits per heavy atom. The molecule has 1 aromatic heterocycles. The van der Waals surface area contributed by atoms with Gasteiger partial charge in [0.15, 0.2) is 0 Å². The molecule has 0 radical (unpaired) electrons. The number of halogens is 3. The van der Waals surface area contributed by atoms with Crippen molar-refractivity contribution in [3.63, 3.8) is 0 Å². The molecule has 0 atom stereocenters. The molecule has 1 rings (SSSR count). The Labute approximate surface area is 71.9 Å². The Balaban J connectivity index is 2.93. The number of rotatable bonds is 2. The van der Waals surface area contributed by atoms with Gasteiger partial charge in [0.05, 0.1) is 12.7 Å². The minimum atomic E-state index is -5.08. The molecule has 1 aromatic rings. The maximum atomic E-state index is 12.0. The first kappa shape index (κ1) is 9.69. The number of hydrogen-bond acceptors (Lipinski definition) is 2. The summed E-state index contributed by atoms with van der Waals surface area (Å²) in [6.07, 6.45) is 0.969. The molecule has 0 aliphatic rings. The molecule has 13 heavy (non-hydrogen) atoms. The fraction of sp³-hybridized carbons (Fsp3) is 0.167. The largest absolute Gasteiger partial charge is 0.525 e. The minimum Gasteiger partial charge on any atom is -0.465 e. The Morgan fingerprint density at radius 2 is 2.15 bits per heavy atom. The molecule has 1 N–H and O–H groups in total. The summed E-state index contributed by atoms with van der Waals surface area (Å²) in [5.41, 5.74) is -1.03. The first-order valence-corrected chi connectivity index (χ1v) is 3.41. The number of aromatic amines is 1. The maximum Gasteiger partial charge on any atom is 0.525 e. The Morgan fingerprint density at radius 1 is 1.54 bits per heavy atom. The highest BCUT2D eigenvalue weighted by Crippen LogP contribution is 2.09. The van der Waals surface area contributed by atoms with Gasteiger partial charge in [-0.25, -0.2) is 4.79 Å². The summed E-state index contributed by atoms with van der Waals surface area (Å²) in [5.74, 6) is -0.789. The van der Waals surface area contributed by atoms with Crippen LogP contribution >= 0.6 is 0 Å². The third-order valence-electron chi connectivity index (χ3n) is 1.48. The second-order valence-electron chi connectivity index (χ2n) is 2.41. The van der Waals surface area contributed by atoms with E-state index in [-0.39, 0.29) is 5.56 Å². The Kier molecular flexibility index (Phi) is 2.35. The highest BCUT2D eigenvalue weighted by Gasteiger charge is 2.28. The van der Waals surface area contributed by atoms with E-state index in [1.165, 1.54) is 0 Å². The van der Waals surface area contributed by atoms with Crippen LogP contribution in [0, 0.1) is 0 Å². The molecule has 1 heterocycles. The molecule has 0 bridgehead atoms. The molecule has 0 spiro atoms. The van der Waals surface area contributed by atoms with E-state index in [0.717, 1.165) is 19.4 Å². The van der Waals surface area contributed by atoms with Crippen LogP contribution in [0.4, 0.5) is 12.9 Å². The predicted molar refractivity (Wildman–Crippen MR) is 40.8 cm³/mol. The molecule has 0 aromatic carbocycles. The summed E-state index contributed by atoms with van der Waals surface area (Å²) < 4.78 is 40.4. The molecule has 0 saturated carbocycles. The van der Waals surface area contributed by atoms with Crippen molar-refractivity contribution in [2.75, 3.05) is 7.11 Å². The number of ether oxygens (including phenoxy) is 1. The molecular formula is C6H6BF3NO2-. The van der Waals surface area contributed by atoms with Gasteiger partial charge in [-0.3, -0.25) is 0 Å². The smallest absolute Gasteiger partial charge is 0.465 e. The van der Waals surface area contributed by atoms with Crippen LogP contribution in [0.2, 0.25) is 0 Å². The standard InChI is InChI=1S/C6H6BF3NO2/c1-13-6(12)4-2-5(11-3-4)7(8,9)10/h2-3,11H,1H3/q-1. The summed E-state index contributed by atoms with van der Waals surface area (Å²) in [4.78, 5) is 12.7. The van der Waals surface area contributed by atoms with Gasteiger partial charge in [-0.2, -0.15) is 0 Å². The van der Waals surface area contributed by atoms with Gasteiger partial charge >= 0.3 is 12.9 Å². The van der Waals surface area contributed by atoms with E-state index in [0.29, 0.717) is 0 Å². The summed E-state index contributed by atoms with van der Waals surface area (Å²) in [6, 6.07) is 0.728. The topological polar surface area (TPSA) is 42.1 Å². The number of hydrogen-bond donors (Lipinski definition) is 1. The summed E-state index contributed by atoms with van der Waals surface area (Å²) in [7, 11) is 1.10. The van der Waals surface area contributed by atoms with Crippen molar-refractivity contribution in [2.45, 2.75) is 0 Å². The second kappa shape index (κ2) is 3.16. The number of carbonyl (C=O) groups excluding carboxylic acids is 1. The molecule has 0 saturated heterocycles. The lowest BCUT2D eigenvalue weighted by molar-refractivity contribution is 0.0601. The number of nitrogens with one attached hydrogen (secondary N) is 1. The van der Waals surface area contributed by atoms with Gasteiger partial charge in [0.25, 0.3) is 0 Å². The zero-order valence-electron chi connectivity index (χ0n) is 6.68. The third kappa shape index (κ3) is 2.04. The molecule has 7 heteroatoms. The van der Waals surface area contributed by atoms with Crippen LogP contribution in [0.3, 0.4) is 0 Å². The highest BCUT2D eigenvalue weighted by atomic mass is 19.4. The lowest BCUT2D eigenvalue weighted by Gasteiger charge is -2.10. The van der Waals surface area contributed by atoms with Crippen LogP contribution in [-0.4, -0.2) is 25.0 Å². The molecule has 72 valence electrons. The molecule has 0 aliphatic heterocycles. The number of esters is 1. The number of methoxy groups -OCH3 is 1. The summed E-state index contributed by atoms with van der Waals surface area (Å²) in [6.45, 7) is -5.08. The zero-order valence-corrected chi connectivity index (χ0v) is 6.68. The maximum absolute atomic E-state index is 12.0. The van der Waals surface area contributed by atoms with Crippen molar-refractivity contribution < 1.29 is 22.5 Å². The van der Waals surface area contributed by atoms with Crippen molar-refractivity contribution in [1.82, 2.24) is 4.98 Å². The molecular weight excluding hydrogens is 186 g/mol. The molecule has 0 amide bonds. The predicted octanol–water partition coefficient (Wildman–Crippen LogP) is 0.856. The fourth-order valence-corrected chi connectivity index (χ4v) is 0.837. The quantitative estimate of drug-likeness (QED) is 0.557. The van der Waals surface area contributed by atoms with Crippen molar-refractivity contribution >= 4 is 18.5 Å². The van der Waals surface area contributed by atoms with Crippen LogP contribution in [0.15, 0.2) is 12.3 Å². The fourth-order valence-electron chi connectivity index (χ4n) is 0.837. The van der Waals surface area contributed by atoms with Gasteiger partial charge in [0, 0.05) is 6.20 Å². The van der Waals surface area contributed by atoms with Gasteiger partial charge in [0.2, 0.25) is 0 Å². The van der Waals surface area contributed by atoms with Gasteiger partial charge < -0.3 is 22.7 Å². The van der Waals surface area contributed by atoms with E-state index >= 15 is 0 Å². The van der Waals surface area contributed by atoms with Gasteiger partial charge in [-0.15, -0.1) is 0 Å². The van der Waals surface area contributed by atoms with Crippen molar-refractivity contribution in [1.29, 1.82) is 0 Å². The van der Waals surface area contributed by atoms with E-state index in [1.54, 1.807) is 0 Å². The second-order valence-corrected chi connectivity index (χ2v) is 2.41. The van der Waals surface area contributed by atoms with Gasteiger partial charge in [-0.1, -0.05) is 6.07 Å². The van der Waals surface area contributed by atoms with Crippen LogP contribution in [-0.2, 0) is 4.74 Å². The Bertz CT molecular complexity index is 320. The zero-order chi connectivity index (χ0) is 10.1. The summed E-state index contributed by atoms with van der Waals surface area (Å²) in [5, 5.41) is 0. The van der Waals surface area contributed by atoms with Crippen LogP contribution < -0.4 is 5.59 Å². The lowest BCUT2D eigenvalue weighted by Crippen LogP contribution is -2.34.